The molecule has 0 saturated carbocycles. The van der Waals surface area contributed by atoms with Crippen LogP contribution in [0.2, 0.25) is 0 Å². The summed E-state index contributed by atoms with van der Waals surface area (Å²) in [4.78, 5) is 10.6. The van der Waals surface area contributed by atoms with Gasteiger partial charge < -0.3 is 5.11 Å². The van der Waals surface area contributed by atoms with Gasteiger partial charge in [0.1, 0.15) is 3.92 Å². The van der Waals surface area contributed by atoms with Crippen LogP contribution in [0.3, 0.4) is 0 Å². The van der Waals surface area contributed by atoms with E-state index in [2.05, 4.69) is 30.3 Å². The van der Waals surface area contributed by atoms with E-state index in [1.54, 1.807) is 0 Å². The van der Waals surface area contributed by atoms with E-state index in [1.165, 1.54) is 50.5 Å². The van der Waals surface area contributed by atoms with Crippen molar-refractivity contribution in [2.24, 2.45) is 0 Å². The fraction of sp³-hybridized carbons (Fsp3) is 0.588. The number of carbonyl (C=O) groups is 1. The first-order valence-corrected chi connectivity index (χ1v) is 8.85. The molecule has 0 bridgehead atoms. The number of alkyl halides is 1. The van der Waals surface area contributed by atoms with Crippen LogP contribution < -0.4 is 0 Å². The first-order chi connectivity index (χ1) is 9.70. The Labute approximate surface area is 136 Å². The zero-order valence-corrected chi connectivity index (χ0v) is 14.2. The molecule has 112 valence electrons. The predicted molar refractivity (Wildman–Crippen MR) is 92.5 cm³/mol. The summed E-state index contributed by atoms with van der Waals surface area (Å²) in [5.74, 6) is -0.675. The van der Waals surface area contributed by atoms with E-state index >= 15 is 0 Å². The number of halogens is 1. The van der Waals surface area contributed by atoms with Gasteiger partial charge in [0.2, 0.25) is 0 Å². The highest BCUT2D eigenvalue weighted by atomic mass is 127. The summed E-state index contributed by atoms with van der Waals surface area (Å²) in [5, 5.41) is 8.77. The maximum absolute atomic E-state index is 10.6. The van der Waals surface area contributed by atoms with E-state index in [1.807, 2.05) is 22.6 Å². The molecule has 0 amide bonds. The Balaban J connectivity index is 1.87. The third-order valence-corrected chi connectivity index (χ3v) is 4.69. The predicted octanol–water partition coefficient (Wildman–Crippen LogP) is 5.24. The molecule has 0 aliphatic rings. The second-order valence-corrected chi connectivity index (χ2v) is 6.81. The highest BCUT2D eigenvalue weighted by Gasteiger charge is 2.11. The Kier molecular flexibility index (Phi) is 9.71. The second kappa shape index (κ2) is 11.1. The van der Waals surface area contributed by atoms with Gasteiger partial charge in [-0.3, -0.25) is 4.79 Å². The van der Waals surface area contributed by atoms with Crippen LogP contribution in [0, 0.1) is 0 Å². The van der Waals surface area contributed by atoms with Crippen molar-refractivity contribution in [2.75, 3.05) is 0 Å². The van der Waals surface area contributed by atoms with E-state index < -0.39 is 5.97 Å². The Morgan fingerprint density at radius 2 is 1.50 bits per heavy atom. The summed E-state index contributed by atoms with van der Waals surface area (Å²) in [5.41, 5.74) is 1.44. The molecular weight excluding hydrogens is 363 g/mol. The number of carboxylic acid groups (broad SMARTS) is 1. The Bertz CT molecular complexity index is 365. The molecule has 0 spiro atoms. The fourth-order valence-electron chi connectivity index (χ4n) is 2.30. The molecule has 2 nitrogen and oxygen atoms in total. The molecule has 0 fully saturated rings. The number of rotatable bonds is 11. The molecule has 1 N–H and O–H groups in total. The average molecular weight is 388 g/mol. The highest BCUT2D eigenvalue weighted by molar-refractivity contribution is 14.1. The molecule has 1 atom stereocenters. The smallest absolute Gasteiger partial charge is 0.316 e. The Morgan fingerprint density at radius 1 is 0.950 bits per heavy atom. The molecule has 1 unspecified atom stereocenters. The molecular formula is C17H25IO2. The highest BCUT2D eigenvalue weighted by Crippen LogP contribution is 2.14. The van der Waals surface area contributed by atoms with Gasteiger partial charge in [-0.25, -0.2) is 0 Å². The average Bonchev–Trinajstić information content (AvgIpc) is 2.46. The van der Waals surface area contributed by atoms with Gasteiger partial charge in [0, 0.05) is 0 Å². The van der Waals surface area contributed by atoms with E-state index in [9.17, 15) is 4.79 Å². The van der Waals surface area contributed by atoms with Gasteiger partial charge in [-0.05, 0) is 24.8 Å². The molecule has 1 rings (SSSR count). The van der Waals surface area contributed by atoms with Crippen LogP contribution in [-0.4, -0.2) is 15.0 Å². The first-order valence-electron chi connectivity index (χ1n) is 7.61. The number of aryl methyl sites for hydroxylation is 1. The molecule has 0 saturated heterocycles. The topological polar surface area (TPSA) is 37.3 Å². The lowest BCUT2D eigenvalue weighted by Crippen LogP contribution is -2.11. The van der Waals surface area contributed by atoms with Crippen molar-refractivity contribution >= 4 is 28.6 Å². The third-order valence-electron chi connectivity index (χ3n) is 3.53. The lowest BCUT2D eigenvalue weighted by Gasteiger charge is -2.05. The quantitative estimate of drug-likeness (QED) is 0.320. The normalized spacial score (nSPS) is 12.2. The molecule has 1 aromatic rings. The zero-order valence-electron chi connectivity index (χ0n) is 12.1. The van der Waals surface area contributed by atoms with Gasteiger partial charge >= 0.3 is 5.97 Å². The van der Waals surface area contributed by atoms with Gasteiger partial charge in [0.15, 0.2) is 0 Å². The van der Waals surface area contributed by atoms with Gasteiger partial charge in [0.05, 0.1) is 0 Å². The van der Waals surface area contributed by atoms with Crippen LogP contribution in [-0.2, 0) is 11.2 Å². The van der Waals surface area contributed by atoms with Gasteiger partial charge in [-0.15, -0.1) is 0 Å². The maximum Gasteiger partial charge on any atom is 0.316 e. The number of hydrogen-bond acceptors (Lipinski definition) is 1. The van der Waals surface area contributed by atoms with Gasteiger partial charge in [-0.1, -0.05) is 91.4 Å². The lowest BCUT2D eigenvalue weighted by molar-refractivity contribution is -0.136. The number of benzene rings is 1. The van der Waals surface area contributed by atoms with Crippen LogP contribution in [0.4, 0.5) is 0 Å². The maximum atomic E-state index is 10.6. The van der Waals surface area contributed by atoms with Crippen molar-refractivity contribution in [3.8, 4) is 0 Å². The van der Waals surface area contributed by atoms with Crippen molar-refractivity contribution in [1.29, 1.82) is 0 Å². The summed E-state index contributed by atoms with van der Waals surface area (Å²) < 4.78 is -0.210. The largest absolute Gasteiger partial charge is 0.480 e. The monoisotopic (exact) mass is 388 g/mol. The molecule has 0 radical (unpaired) electrons. The first kappa shape index (κ1) is 17.5. The number of carboxylic acids is 1. The van der Waals surface area contributed by atoms with Crippen molar-refractivity contribution in [1.82, 2.24) is 0 Å². The molecule has 0 aliphatic heterocycles. The van der Waals surface area contributed by atoms with Crippen LogP contribution >= 0.6 is 22.6 Å². The van der Waals surface area contributed by atoms with Gasteiger partial charge in [-0.2, -0.15) is 0 Å². The van der Waals surface area contributed by atoms with E-state index in [-0.39, 0.29) is 3.92 Å². The summed E-state index contributed by atoms with van der Waals surface area (Å²) in [6.45, 7) is 0. The molecule has 20 heavy (non-hydrogen) atoms. The van der Waals surface area contributed by atoms with Crippen LogP contribution in [0.25, 0.3) is 0 Å². The summed E-state index contributed by atoms with van der Waals surface area (Å²) in [7, 11) is 0. The third kappa shape index (κ3) is 8.56. The van der Waals surface area contributed by atoms with E-state index in [0.29, 0.717) is 0 Å². The van der Waals surface area contributed by atoms with Crippen molar-refractivity contribution in [3.05, 3.63) is 35.9 Å². The minimum absolute atomic E-state index is 0.210. The lowest BCUT2D eigenvalue weighted by atomic mass is 10.0. The van der Waals surface area contributed by atoms with E-state index in [0.717, 1.165) is 12.8 Å². The number of hydrogen-bond donors (Lipinski definition) is 1. The second-order valence-electron chi connectivity index (χ2n) is 5.30. The molecule has 0 heterocycles. The molecule has 0 aliphatic carbocycles. The van der Waals surface area contributed by atoms with Crippen LogP contribution in [0.1, 0.15) is 56.9 Å². The van der Waals surface area contributed by atoms with Crippen molar-refractivity contribution < 1.29 is 9.90 Å². The van der Waals surface area contributed by atoms with Crippen LogP contribution in [0.15, 0.2) is 30.3 Å². The van der Waals surface area contributed by atoms with Crippen molar-refractivity contribution in [2.45, 2.75) is 61.7 Å². The number of unbranched alkanes of at least 4 members (excludes halogenated alkanes) is 6. The zero-order chi connectivity index (χ0) is 14.6. The summed E-state index contributed by atoms with van der Waals surface area (Å²) >= 11 is 2.02. The van der Waals surface area contributed by atoms with Crippen molar-refractivity contribution in [3.63, 3.8) is 0 Å². The minimum Gasteiger partial charge on any atom is -0.480 e. The molecule has 0 aromatic heterocycles. The summed E-state index contributed by atoms with van der Waals surface area (Å²) in [6, 6.07) is 10.7. The Hall–Kier alpha value is -0.580. The van der Waals surface area contributed by atoms with Gasteiger partial charge in [0.25, 0.3) is 0 Å². The fourth-order valence-corrected chi connectivity index (χ4v) is 2.75. The Morgan fingerprint density at radius 3 is 2.10 bits per heavy atom. The molecule has 1 aromatic carbocycles. The summed E-state index contributed by atoms with van der Waals surface area (Å²) in [6.07, 6.45) is 10.6. The SMILES string of the molecule is O=C(O)C(I)CCCCCCCCCc1ccccc1. The minimum atomic E-state index is -0.675. The van der Waals surface area contributed by atoms with Crippen LogP contribution in [0.5, 0.6) is 0 Å². The van der Waals surface area contributed by atoms with E-state index in [4.69, 9.17) is 5.11 Å². The number of aliphatic carboxylic acids is 1. The molecule has 3 heteroatoms. The standard InChI is InChI=1S/C17H25IO2/c18-16(17(19)20)14-10-5-3-1-2-4-7-11-15-12-8-6-9-13-15/h6,8-9,12-13,16H,1-5,7,10-11,14H2,(H,19,20).